The summed E-state index contributed by atoms with van der Waals surface area (Å²) < 4.78 is 0. The lowest BCUT2D eigenvalue weighted by molar-refractivity contribution is 0.282. The number of aliphatic hydroxyl groups is 1. The second-order valence-corrected chi connectivity index (χ2v) is 7.52. The molecule has 0 aliphatic carbocycles. The molecule has 0 saturated heterocycles. The van der Waals surface area contributed by atoms with Crippen molar-refractivity contribution in [3.63, 3.8) is 0 Å². The zero-order chi connectivity index (χ0) is 18.0. The van der Waals surface area contributed by atoms with Crippen LogP contribution in [0.2, 0.25) is 5.02 Å². The van der Waals surface area contributed by atoms with E-state index in [-0.39, 0.29) is 12.0 Å². The average Bonchev–Trinajstić information content (AvgIpc) is 2.61. The Morgan fingerprint density at radius 1 is 0.960 bits per heavy atom. The van der Waals surface area contributed by atoms with Crippen molar-refractivity contribution in [3.05, 3.63) is 71.3 Å². The van der Waals surface area contributed by atoms with E-state index in [1.54, 1.807) is 12.3 Å². The number of halogens is 1. The van der Waals surface area contributed by atoms with Crippen molar-refractivity contribution in [2.24, 2.45) is 0 Å². The van der Waals surface area contributed by atoms with Crippen LogP contribution in [0.15, 0.2) is 55.0 Å². The zero-order valence-corrected chi connectivity index (χ0v) is 15.4. The minimum absolute atomic E-state index is 0.00944. The highest BCUT2D eigenvalue weighted by Crippen LogP contribution is 2.32. The number of hydrogen-bond donors (Lipinski definition) is 1. The molecule has 25 heavy (non-hydrogen) atoms. The molecule has 0 amide bonds. The topological polar surface area (TPSA) is 46.0 Å². The Bertz CT molecular complexity index is 900. The fourth-order valence-electron chi connectivity index (χ4n) is 2.66. The van der Waals surface area contributed by atoms with E-state index in [0.29, 0.717) is 5.02 Å². The van der Waals surface area contributed by atoms with Crippen LogP contribution >= 0.6 is 11.6 Å². The summed E-state index contributed by atoms with van der Waals surface area (Å²) in [6.07, 6.45) is 5.49. The van der Waals surface area contributed by atoms with Gasteiger partial charge in [0.2, 0.25) is 0 Å². The molecule has 0 unspecified atom stereocenters. The van der Waals surface area contributed by atoms with Gasteiger partial charge in [0.05, 0.1) is 6.61 Å². The fourth-order valence-corrected chi connectivity index (χ4v) is 2.97. The van der Waals surface area contributed by atoms with Crippen molar-refractivity contribution < 1.29 is 5.11 Å². The van der Waals surface area contributed by atoms with Crippen LogP contribution in [0.1, 0.15) is 32.0 Å². The summed E-state index contributed by atoms with van der Waals surface area (Å²) in [5.41, 5.74) is 5.77. The van der Waals surface area contributed by atoms with Crippen LogP contribution in [0, 0.1) is 0 Å². The van der Waals surface area contributed by atoms with Gasteiger partial charge < -0.3 is 5.11 Å². The fraction of sp³-hybridized carbons (Fsp3) is 0.238. The summed E-state index contributed by atoms with van der Waals surface area (Å²) >= 11 is 6.38. The molecule has 0 saturated carbocycles. The Hall–Kier alpha value is -2.23. The smallest absolute Gasteiger partial charge is 0.0682 e. The number of aliphatic hydroxyl groups excluding tert-OH is 1. The number of hydrogen-bond acceptors (Lipinski definition) is 3. The van der Waals surface area contributed by atoms with Gasteiger partial charge in [-0.2, -0.15) is 0 Å². The van der Waals surface area contributed by atoms with Gasteiger partial charge in [-0.15, -0.1) is 0 Å². The second-order valence-electron chi connectivity index (χ2n) is 7.11. The predicted octanol–water partition coefficient (Wildman–Crippen LogP) is 5.25. The molecule has 0 bridgehead atoms. The number of pyridine rings is 2. The first kappa shape index (κ1) is 17.6. The van der Waals surface area contributed by atoms with Crippen LogP contribution in [0.3, 0.4) is 0 Å². The Morgan fingerprint density at radius 3 is 2.40 bits per heavy atom. The SMILES string of the molecule is CC(C)(C)c1cc(-c2cncc(-c3ccc(CO)cc3Cl)c2)ccn1. The van der Waals surface area contributed by atoms with E-state index in [1.165, 1.54) is 0 Å². The average molecular weight is 353 g/mol. The van der Waals surface area contributed by atoms with Crippen molar-refractivity contribution in [1.29, 1.82) is 0 Å². The highest BCUT2D eigenvalue weighted by molar-refractivity contribution is 6.33. The molecule has 4 heteroatoms. The van der Waals surface area contributed by atoms with Crippen molar-refractivity contribution in [1.82, 2.24) is 9.97 Å². The first-order valence-corrected chi connectivity index (χ1v) is 8.58. The highest BCUT2D eigenvalue weighted by atomic mass is 35.5. The summed E-state index contributed by atoms with van der Waals surface area (Å²) in [6, 6.07) is 11.8. The van der Waals surface area contributed by atoms with Crippen LogP contribution in [-0.2, 0) is 12.0 Å². The predicted molar refractivity (Wildman–Crippen MR) is 103 cm³/mol. The van der Waals surface area contributed by atoms with Crippen LogP contribution in [0.5, 0.6) is 0 Å². The third-order valence-electron chi connectivity index (χ3n) is 4.13. The summed E-state index contributed by atoms with van der Waals surface area (Å²) in [5, 5.41) is 9.84. The van der Waals surface area contributed by atoms with Gasteiger partial charge in [-0.3, -0.25) is 9.97 Å². The summed E-state index contributed by atoms with van der Waals surface area (Å²) in [4.78, 5) is 8.87. The Morgan fingerprint density at radius 2 is 1.72 bits per heavy atom. The minimum Gasteiger partial charge on any atom is -0.392 e. The van der Waals surface area contributed by atoms with E-state index in [2.05, 4.69) is 42.9 Å². The first-order valence-electron chi connectivity index (χ1n) is 8.20. The molecular formula is C21H21ClN2O. The quantitative estimate of drug-likeness (QED) is 0.699. The Balaban J connectivity index is 2.03. The summed E-state index contributed by atoms with van der Waals surface area (Å²) in [5.74, 6) is 0. The van der Waals surface area contributed by atoms with Crippen molar-refractivity contribution >= 4 is 11.6 Å². The molecule has 128 valence electrons. The molecule has 1 N–H and O–H groups in total. The molecule has 2 heterocycles. The van der Waals surface area contributed by atoms with Gasteiger partial charge in [0.25, 0.3) is 0 Å². The molecule has 1 aromatic carbocycles. The summed E-state index contributed by atoms with van der Waals surface area (Å²) in [6.45, 7) is 6.42. The molecule has 0 atom stereocenters. The third-order valence-corrected chi connectivity index (χ3v) is 4.44. The number of rotatable bonds is 3. The zero-order valence-electron chi connectivity index (χ0n) is 14.6. The molecule has 0 radical (unpaired) electrons. The molecule has 3 rings (SSSR count). The molecule has 0 aliphatic rings. The van der Waals surface area contributed by atoms with Crippen molar-refractivity contribution in [2.75, 3.05) is 0 Å². The van der Waals surface area contributed by atoms with Gasteiger partial charge in [0, 0.05) is 51.4 Å². The minimum atomic E-state index is -0.0229. The normalized spacial score (nSPS) is 11.6. The molecule has 3 aromatic rings. The van der Waals surface area contributed by atoms with Gasteiger partial charge in [-0.1, -0.05) is 44.5 Å². The van der Waals surface area contributed by atoms with Gasteiger partial charge in [-0.05, 0) is 35.4 Å². The van der Waals surface area contributed by atoms with Crippen LogP contribution in [-0.4, -0.2) is 15.1 Å². The third kappa shape index (κ3) is 3.89. The van der Waals surface area contributed by atoms with Gasteiger partial charge >= 0.3 is 0 Å². The van der Waals surface area contributed by atoms with E-state index in [1.807, 2.05) is 30.6 Å². The standard InChI is InChI=1S/C21H21ClN2O/c1-21(2,3)20-10-15(6-7-24-20)16-9-17(12-23-11-16)18-5-4-14(13-25)8-19(18)22/h4-12,25H,13H2,1-3H3. The summed E-state index contributed by atoms with van der Waals surface area (Å²) in [7, 11) is 0. The molecular weight excluding hydrogens is 332 g/mol. The molecule has 0 aliphatic heterocycles. The van der Waals surface area contributed by atoms with Gasteiger partial charge in [0.1, 0.15) is 0 Å². The first-order chi connectivity index (χ1) is 11.9. The van der Waals surface area contributed by atoms with Crippen LogP contribution in [0.4, 0.5) is 0 Å². The highest BCUT2D eigenvalue weighted by Gasteiger charge is 2.16. The largest absolute Gasteiger partial charge is 0.392 e. The van der Waals surface area contributed by atoms with E-state index in [9.17, 15) is 5.11 Å². The molecule has 3 nitrogen and oxygen atoms in total. The van der Waals surface area contributed by atoms with Crippen molar-refractivity contribution in [2.45, 2.75) is 32.8 Å². The Kier molecular flexibility index (Phi) is 4.89. The number of nitrogens with zero attached hydrogens (tertiary/aromatic N) is 2. The number of benzene rings is 1. The van der Waals surface area contributed by atoms with E-state index in [0.717, 1.165) is 33.5 Å². The maximum atomic E-state index is 9.23. The number of aromatic nitrogens is 2. The van der Waals surface area contributed by atoms with Crippen molar-refractivity contribution in [3.8, 4) is 22.3 Å². The van der Waals surface area contributed by atoms with Crippen LogP contribution in [0.25, 0.3) is 22.3 Å². The van der Waals surface area contributed by atoms with E-state index >= 15 is 0 Å². The molecule has 0 fully saturated rings. The maximum absolute atomic E-state index is 9.23. The lowest BCUT2D eigenvalue weighted by atomic mass is 9.90. The monoisotopic (exact) mass is 352 g/mol. The maximum Gasteiger partial charge on any atom is 0.0682 e. The molecule has 0 spiro atoms. The van der Waals surface area contributed by atoms with E-state index in [4.69, 9.17) is 11.6 Å². The van der Waals surface area contributed by atoms with E-state index < -0.39 is 0 Å². The lowest BCUT2D eigenvalue weighted by Gasteiger charge is -2.18. The molecule has 2 aromatic heterocycles. The van der Waals surface area contributed by atoms with Gasteiger partial charge in [0.15, 0.2) is 0 Å². The Labute approximate surface area is 153 Å². The van der Waals surface area contributed by atoms with Gasteiger partial charge in [-0.25, -0.2) is 0 Å². The van der Waals surface area contributed by atoms with Crippen LogP contribution < -0.4 is 0 Å². The second kappa shape index (κ2) is 6.95. The lowest BCUT2D eigenvalue weighted by Crippen LogP contribution is -2.13.